The average Bonchev–Trinajstić information content (AvgIpc) is 2.73. The van der Waals surface area contributed by atoms with E-state index in [1.807, 2.05) is 0 Å². The lowest BCUT2D eigenvalue weighted by atomic mass is 10.1. The Bertz CT molecular complexity index is 832. The molecule has 0 spiro atoms. The van der Waals surface area contributed by atoms with Crippen LogP contribution in [-0.2, 0) is 24.3 Å². The summed E-state index contributed by atoms with van der Waals surface area (Å²) in [5, 5.41) is 0.0661. The van der Waals surface area contributed by atoms with Crippen molar-refractivity contribution in [1.29, 1.82) is 0 Å². The number of rotatable bonds is 5. The van der Waals surface area contributed by atoms with E-state index in [-0.39, 0.29) is 34.5 Å². The number of carbonyl (C=O) groups is 2. The van der Waals surface area contributed by atoms with Crippen LogP contribution in [0.3, 0.4) is 0 Å². The maximum Gasteiger partial charge on any atom is 0.340 e. The van der Waals surface area contributed by atoms with Crippen LogP contribution >= 0.6 is 11.6 Å². The summed E-state index contributed by atoms with van der Waals surface area (Å²) in [7, 11) is -3.77. The maximum absolute atomic E-state index is 12.8. The normalized spacial score (nSPS) is 18.7. The van der Waals surface area contributed by atoms with E-state index < -0.39 is 22.6 Å². The van der Waals surface area contributed by atoms with Crippen molar-refractivity contribution in [3.8, 4) is 0 Å². The lowest BCUT2D eigenvalue weighted by Gasteiger charge is -2.26. The minimum absolute atomic E-state index is 0.0480. The fourth-order valence-corrected chi connectivity index (χ4v) is 4.83. The van der Waals surface area contributed by atoms with Crippen LogP contribution in [0.5, 0.6) is 0 Å². The summed E-state index contributed by atoms with van der Waals surface area (Å²) < 4.78 is 37.1. The molecule has 1 amide bonds. The van der Waals surface area contributed by atoms with E-state index in [1.54, 1.807) is 4.90 Å². The Morgan fingerprint density at radius 1 is 1.07 bits per heavy atom. The Morgan fingerprint density at radius 2 is 1.75 bits per heavy atom. The van der Waals surface area contributed by atoms with Crippen molar-refractivity contribution in [2.75, 3.05) is 46.0 Å². The molecule has 2 saturated heterocycles. The molecule has 8 nitrogen and oxygen atoms in total. The molecule has 1 aromatic carbocycles. The number of piperidine rings is 1. The van der Waals surface area contributed by atoms with E-state index in [9.17, 15) is 18.0 Å². The molecule has 28 heavy (non-hydrogen) atoms. The highest BCUT2D eigenvalue weighted by atomic mass is 35.5. The molecule has 0 N–H and O–H groups in total. The fourth-order valence-electron chi connectivity index (χ4n) is 3.20. The maximum atomic E-state index is 12.8. The first-order valence-corrected chi connectivity index (χ1v) is 11.0. The van der Waals surface area contributed by atoms with E-state index in [0.29, 0.717) is 26.3 Å². The Balaban J connectivity index is 1.70. The first-order valence-electron chi connectivity index (χ1n) is 9.22. The molecule has 10 heteroatoms. The van der Waals surface area contributed by atoms with Gasteiger partial charge in [0.05, 0.1) is 28.7 Å². The number of carbonyl (C=O) groups excluding carboxylic acids is 2. The summed E-state index contributed by atoms with van der Waals surface area (Å²) in [6.07, 6.45) is 2.96. The van der Waals surface area contributed by atoms with Gasteiger partial charge in [0.25, 0.3) is 5.91 Å². The minimum atomic E-state index is -3.77. The first kappa shape index (κ1) is 21.0. The monoisotopic (exact) mass is 430 g/mol. The lowest BCUT2D eigenvalue weighted by Crippen LogP contribution is -2.40. The standard InChI is InChI=1S/C18H23ClN2O6S/c19-16-5-4-14(28(24,25)21-8-10-26-11-9-21)12-15(16)18(23)27-13-17(22)20-6-2-1-3-7-20/h4-5,12H,1-3,6-11,13H2. The highest BCUT2D eigenvalue weighted by molar-refractivity contribution is 7.89. The van der Waals surface area contributed by atoms with Crippen molar-refractivity contribution >= 4 is 33.5 Å². The second-order valence-electron chi connectivity index (χ2n) is 6.68. The van der Waals surface area contributed by atoms with Crippen LogP contribution in [0.4, 0.5) is 0 Å². The van der Waals surface area contributed by atoms with Gasteiger partial charge in [0, 0.05) is 26.2 Å². The number of ether oxygens (including phenoxy) is 2. The van der Waals surface area contributed by atoms with E-state index in [4.69, 9.17) is 21.1 Å². The van der Waals surface area contributed by atoms with Gasteiger partial charge in [0.1, 0.15) is 0 Å². The molecule has 0 saturated carbocycles. The van der Waals surface area contributed by atoms with Crippen LogP contribution in [0, 0.1) is 0 Å². The molecule has 2 aliphatic heterocycles. The number of esters is 1. The van der Waals surface area contributed by atoms with Crippen LogP contribution in [-0.4, -0.2) is 75.5 Å². The minimum Gasteiger partial charge on any atom is -0.452 e. The van der Waals surface area contributed by atoms with Crippen molar-refractivity contribution in [3.05, 3.63) is 28.8 Å². The molecule has 3 rings (SSSR count). The Labute approximate surface area is 169 Å². The predicted octanol–water partition coefficient (Wildman–Crippen LogP) is 1.53. The molecule has 1 aromatic rings. The van der Waals surface area contributed by atoms with Crippen LogP contribution in [0.2, 0.25) is 5.02 Å². The lowest BCUT2D eigenvalue weighted by molar-refractivity contribution is -0.135. The molecule has 0 aromatic heterocycles. The number of amides is 1. The molecule has 2 heterocycles. The zero-order valence-corrected chi connectivity index (χ0v) is 17.0. The van der Waals surface area contributed by atoms with E-state index in [0.717, 1.165) is 19.3 Å². The molecular weight excluding hydrogens is 408 g/mol. The summed E-state index contributed by atoms with van der Waals surface area (Å²) >= 11 is 6.07. The first-order chi connectivity index (χ1) is 13.4. The Morgan fingerprint density at radius 3 is 2.43 bits per heavy atom. The molecule has 0 atom stereocenters. The summed E-state index contributed by atoms with van der Waals surface area (Å²) in [6.45, 7) is 2.05. The second kappa shape index (κ2) is 9.21. The Hall–Kier alpha value is -1.68. The van der Waals surface area contributed by atoms with Crippen molar-refractivity contribution in [2.24, 2.45) is 0 Å². The smallest absolute Gasteiger partial charge is 0.340 e. The van der Waals surface area contributed by atoms with Crippen molar-refractivity contribution in [2.45, 2.75) is 24.2 Å². The molecule has 2 fully saturated rings. The highest BCUT2D eigenvalue weighted by Gasteiger charge is 2.28. The third-order valence-electron chi connectivity index (χ3n) is 4.80. The summed E-state index contributed by atoms with van der Waals surface area (Å²) in [6, 6.07) is 3.89. The van der Waals surface area contributed by atoms with Gasteiger partial charge in [-0.15, -0.1) is 0 Å². The largest absolute Gasteiger partial charge is 0.452 e. The number of nitrogens with zero attached hydrogens (tertiary/aromatic N) is 2. The zero-order chi connectivity index (χ0) is 20.1. The topological polar surface area (TPSA) is 93.2 Å². The van der Waals surface area contributed by atoms with Gasteiger partial charge in [-0.05, 0) is 37.5 Å². The van der Waals surface area contributed by atoms with Crippen molar-refractivity contribution < 1.29 is 27.5 Å². The van der Waals surface area contributed by atoms with E-state index >= 15 is 0 Å². The molecule has 0 bridgehead atoms. The number of morpholine rings is 1. The number of halogens is 1. The third kappa shape index (κ3) is 4.83. The van der Waals surface area contributed by atoms with Gasteiger partial charge in [0.15, 0.2) is 6.61 Å². The number of hydrogen-bond acceptors (Lipinski definition) is 6. The van der Waals surface area contributed by atoms with Gasteiger partial charge in [-0.1, -0.05) is 11.6 Å². The number of likely N-dealkylation sites (tertiary alicyclic amines) is 1. The summed E-state index contributed by atoms with van der Waals surface area (Å²) in [5.74, 6) is -1.09. The quantitative estimate of drug-likeness (QED) is 0.657. The predicted molar refractivity (Wildman–Crippen MR) is 102 cm³/mol. The molecule has 0 radical (unpaired) electrons. The molecule has 154 valence electrons. The highest BCUT2D eigenvalue weighted by Crippen LogP contribution is 2.24. The van der Waals surface area contributed by atoms with Crippen LogP contribution in [0.15, 0.2) is 23.1 Å². The van der Waals surface area contributed by atoms with Crippen molar-refractivity contribution in [1.82, 2.24) is 9.21 Å². The Kier molecular flexibility index (Phi) is 6.92. The van der Waals surface area contributed by atoms with Crippen LogP contribution in [0.25, 0.3) is 0 Å². The van der Waals surface area contributed by atoms with Gasteiger partial charge >= 0.3 is 5.97 Å². The van der Waals surface area contributed by atoms with Gasteiger partial charge < -0.3 is 14.4 Å². The van der Waals surface area contributed by atoms with Gasteiger partial charge in [-0.25, -0.2) is 13.2 Å². The van der Waals surface area contributed by atoms with Crippen LogP contribution in [0.1, 0.15) is 29.6 Å². The third-order valence-corrected chi connectivity index (χ3v) is 7.03. The number of benzene rings is 1. The van der Waals surface area contributed by atoms with Crippen LogP contribution < -0.4 is 0 Å². The van der Waals surface area contributed by atoms with Gasteiger partial charge in [-0.2, -0.15) is 4.31 Å². The molecule has 0 aliphatic carbocycles. The molecular formula is C18H23ClN2O6S. The SMILES string of the molecule is O=C(OCC(=O)N1CCCCC1)c1cc(S(=O)(=O)N2CCOCC2)ccc1Cl. The number of hydrogen-bond donors (Lipinski definition) is 0. The number of sulfonamides is 1. The van der Waals surface area contributed by atoms with Crippen molar-refractivity contribution in [3.63, 3.8) is 0 Å². The van der Waals surface area contributed by atoms with Gasteiger partial charge in [-0.3, -0.25) is 4.79 Å². The second-order valence-corrected chi connectivity index (χ2v) is 9.02. The van der Waals surface area contributed by atoms with E-state index in [1.165, 1.54) is 22.5 Å². The van der Waals surface area contributed by atoms with Gasteiger partial charge in [0.2, 0.25) is 10.0 Å². The average molecular weight is 431 g/mol. The van der Waals surface area contributed by atoms with E-state index in [2.05, 4.69) is 0 Å². The zero-order valence-electron chi connectivity index (χ0n) is 15.4. The fraction of sp³-hybridized carbons (Fsp3) is 0.556. The summed E-state index contributed by atoms with van der Waals surface area (Å²) in [4.78, 5) is 26.2. The molecule has 0 unspecified atom stereocenters. The molecule has 2 aliphatic rings. The summed E-state index contributed by atoms with van der Waals surface area (Å²) in [5.41, 5.74) is -0.0811.